The Balaban J connectivity index is 1.74. The Bertz CT molecular complexity index is 1020. The minimum absolute atomic E-state index is 0.0217. The minimum Gasteiger partial charge on any atom is -0.467 e. The summed E-state index contributed by atoms with van der Waals surface area (Å²) in [6, 6.07) is 8.45. The van der Waals surface area contributed by atoms with Crippen molar-refractivity contribution in [2.75, 3.05) is 6.54 Å². The molecule has 1 aromatic carbocycles. The summed E-state index contributed by atoms with van der Waals surface area (Å²) < 4.78 is 32.9. The summed E-state index contributed by atoms with van der Waals surface area (Å²) in [6.45, 7) is 1.75. The van der Waals surface area contributed by atoms with Crippen molar-refractivity contribution in [3.63, 3.8) is 0 Å². The number of furan rings is 1. The molecule has 8 nitrogen and oxygen atoms in total. The van der Waals surface area contributed by atoms with Crippen molar-refractivity contribution in [1.29, 1.82) is 0 Å². The van der Waals surface area contributed by atoms with Crippen molar-refractivity contribution in [2.24, 2.45) is 0 Å². The molecule has 33 heavy (non-hydrogen) atoms. The molecule has 2 amide bonds. The number of hydrogen-bond donors (Lipinski definition) is 2. The number of carbonyl (C=O) groups excluding carboxylic acids is 2. The van der Waals surface area contributed by atoms with Gasteiger partial charge >= 0.3 is 0 Å². The van der Waals surface area contributed by atoms with Crippen LogP contribution in [0.1, 0.15) is 51.2 Å². The fourth-order valence-electron chi connectivity index (χ4n) is 4.13. The highest BCUT2D eigenvalue weighted by Gasteiger charge is 2.36. The molecule has 1 aliphatic rings. The van der Waals surface area contributed by atoms with Crippen LogP contribution >= 0.6 is 11.6 Å². The van der Waals surface area contributed by atoms with Crippen LogP contribution < -0.4 is 10.0 Å². The maximum atomic E-state index is 13.3. The first-order chi connectivity index (χ1) is 15.8. The summed E-state index contributed by atoms with van der Waals surface area (Å²) in [5.74, 6) is -0.0619. The lowest BCUT2D eigenvalue weighted by Crippen LogP contribution is -2.55. The van der Waals surface area contributed by atoms with E-state index in [1.165, 1.54) is 30.5 Å². The number of halogens is 1. The molecule has 1 aromatic heterocycles. The molecular formula is C23H30ClN3O5S. The summed E-state index contributed by atoms with van der Waals surface area (Å²) in [5.41, 5.74) is 0. The van der Waals surface area contributed by atoms with E-state index in [9.17, 15) is 18.0 Å². The fourth-order valence-corrected chi connectivity index (χ4v) is 5.24. The Morgan fingerprint density at radius 1 is 1.18 bits per heavy atom. The van der Waals surface area contributed by atoms with Crippen LogP contribution in [0.15, 0.2) is 52.0 Å². The van der Waals surface area contributed by atoms with Crippen LogP contribution in [0.25, 0.3) is 0 Å². The lowest BCUT2D eigenvalue weighted by Gasteiger charge is -2.36. The molecule has 1 aliphatic carbocycles. The average Bonchev–Trinajstić information content (AvgIpc) is 3.51. The van der Waals surface area contributed by atoms with E-state index in [0.29, 0.717) is 23.6 Å². The van der Waals surface area contributed by atoms with Crippen LogP contribution in [-0.2, 0) is 26.2 Å². The number of nitrogens with one attached hydrogen (secondary N) is 2. The van der Waals surface area contributed by atoms with Crippen molar-refractivity contribution < 1.29 is 22.4 Å². The molecule has 1 fully saturated rings. The molecule has 0 aliphatic heterocycles. The van der Waals surface area contributed by atoms with Crippen LogP contribution in [0.5, 0.6) is 0 Å². The normalized spacial score (nSPS) is 15.3. The van der Waals surface area contributed by atoms with E-state index in [4.69, 9.17) is 16.0 Å². The maximum Gasteiger partial charge on any atom is 0.243 e. The first-order valence-corrected chi connectivity index (χ1v) is 13.0. The summed E-state index contributed by atoms with van der Waals surface area (Å²) in [5, 5.41) is 3.27. The highest BCUT2D eigenvalue weighted by molar-refractivity contribution is 7.89. The Hall–Kier alpha value is -2.36. The fraction of sp³-hybridized carbons (Fsp3) is 0.478. The van der Waals surface area contributed by atoms with Crippen LogP contribution in [0.3, 0.4) is 0 Å². The van der Waals surface area contributed by atoms with Gasteiger partial charge in [0.05, 0.1) is 24.2 Å². The second kappa shape index (κ2) is 11.7. The van der Waals surface area contributed by atoms with E-state index >= 15 is 0 Å². The van der Waals surface area contributed by atoms with Crippen LogP contribution in [0, 0.1) is 0 Å². The number of hydrogen-bond acceptors (Lipinski definition) is 5. The Kier molecular flexibility index (Phi) is 8.94. The van der Waals surface area contributed by atoms with E-state index in [1.54, 1.807) is 17.0 Å². The highest BCUT2D eigenvalue weighted by atomic mass is 35.5. The van der Waals surface area contributed by atoms with Gasteiger partial charge in [-0.25, -0.2) is 13.1 Å². The number of carbonyl (C=O) groups is 2. The van der Waals surface area contributed by atoms with E-state index in [1.807, 2.05) is 6.92 Å². The molecule has 0 bridgehead atoms. The lowest BCUT2D eigenvalue weighted by molar-refractivity contribution is -0.142. The zero-order valence-electron chi connectivity index (χ0n) is 18.6. The molecule has 3 rings (SSSR count). The summed E-state index contributed by atoms with van der Waals surface area (Å²) in [4.78, 5) is 28.0. The van der Waals surface area contributed by atoms with Gasteiger partial charge in [-0.15, -0.1) is 0 Å². The second-order valence-electron chi connectivity index (χ2n) is 8.12. The first kappa shape index (κ1) is 25.3. The van der Waals surface area contributed by atoms with Crippen LogP contribution in [0.2, 0.25) is 5.02 Å². The summed E-state index contributed by atoms with van der Waals surface area (Å²) in [7, 11) is -3.90. The third kappa shape index (κ3) is 6.82. The number of sulfonamides is 1. The van der Waals surface area contributed by atoms with E-state index in [-0.39, 0.29) is 23.4 Å². The van der Waals surface area contributed by atoms with Gasteiger partial charge in [-0.1, -0.05) is 37.8 Å². The van der Waals surface area contributed by atoms with Crippen molar-refractivity contribution in [3.8, 4) is 0 Å². The Morgan fingerprint density at radius 3 is 2.48 bits per heavy atom. The Labute approximate surface area is 199 Å². The van der Waals surface area contributed by atoms with Gasteiger partial charge in [-0.2, -0.15) is 0 Å². The predicted octanol–water partition coefficient (Wildman–Crippen LogP) is 3.47. The molecule has 2 N–H and O–H groups in total. The zero-order valence-corrected chi connectivity index (χ0v) is 20.2. The van der Waals surface area contributed by atoms with Crippen LogP contribution in [-0.4, -0.2) is 43.8 Å². The molecule has 180 valence electrons. The second-order valence-corrected chi connectivity index (χ2v) is 10.3. The molecule has 0 spiro atoms. The largest absolute Gasteiger partial charge is 0.467 e. The van der Waals surface area contributed by atoms with Crippen molar-refractivity contribution >= 4 is 33.4 Å². The van der Waals surface area contributed by atoms with E-state index in [2.05, 4.69) is 10.0 Å². The standard InChI is InChI=1S/C23H30ClN3O5S/c1-2-6-21(23(29)25-15-19-9-5-14-32-19)27(18-7-3-4-8-18)22(28)16-26-33(30,31)20-12-10-17(24)11-13-20/h5,9-14,18,21,26H,2-4,6-8,15-16H2,1H3,(H,25,29)/t21-/m0/s1. The molecular weight excluding hydrogens is 466 g/mol. The van der Waals surface area contributed by atoms with Gasteiger partial charge in [0.2, 0.25) is 21.8 Å². The van der Waals surface area contributed by atoms with Gasteiger partial charge in [0.15, 0.2) is 0 Å². The van der Waals surface area contributed by atoms with E-state index < -0.39 is 28.5 Å². The topological polar surface area (TPSA) is 109 Å². The van der Waals surface area contributed by atoms with Gasteiger partial charge in [-0.3, -0.25) is 9.59 Å². The maximum absolute atomic E-state index is 13.3. The van der Waals surface area contributed by atoms with Gasteiger partial charge in [0.1, 0.15) is 11.8 Å². The number of benzene rings is 1. The molecule has 0 saturated heterocycles. The van der Waals surface area contributed by atoms with Gasteiger partial charge in [-0.05, 0) is 55.7 Å². The molecule has 1 heterocycles. The molecule has 0 radical (unpaired) electrons. The molecule has 2 aromatic rings. The highest BCUT2D eigenvalue weighted by Crippen LogP contribution is 2.27. The Morgan fingerprint density at radius 2 is 1.88 bits per heavy atom. The number of amides is 2. The minimum atomic E-state index is -3.90. The van der Waals surface area contributed by atoms with Gasteiger partial charge in [0, 0.05) is 11.1 Å². The monoisotopic (exact) mass is 495 g/mol. The first-order valence-electron chi connectivity index (χ1n) is 11.2. The van der Waals surface area contributed by atoms with Crippen molar-refractivity contribution in [2.45, 2.75) is 69.0 Å². The van der Waals surface area contributed by atoms with Crippen molar-refractivity contribution in [1.82, 2.24) is 14.9 Å². The molecule has 1 saturated carbocycles. The average molecular weight is 496 g/mol. The zero-order chi connectivity index (χ0) is 23.8. The molecule has 1 atom stereocenters. The smallest absolute Gasteiger partial charge is 0.243 e. The predicted molar refractivity (Wildman–Crippen MR) is 125 cm³/mol. The summed E-state index contributed by atoms with van der Waals surface area (Å²) in [6.07, 6.45) is 6.24. The summed E-state index contributed by atoms with van der Waals surface area (Å²) >= 11 is 5.84. The lowest BCUT2D eigenvalue weighted by atomic mass is 10.0. The number of rotatable bonds is 11. The van der Waals surface area contributed by atoms with Crippen molar-refractivity contribution in [3.05, 3.63) is 53.4 Å². The molecule has 0 unspecified atom stereocenters. The SMILES string of the molecule is CCC[C@@H](C(=O)NCc1ccco1)N(C(=O)CNS(=O)(=O)c1ccc(Cl)cc1)C1CCCC1. The van der Waals surface area contributed by atoms with Gasteiger partial charge < -0.3 is 14.6 Å². The third-order valence-electron chi connectivity index (χ3n) is 5.76. The quantitative estimate of drug-likeness (QED) is 0.496. The van der Waals surface area contributed by atoms with Gasteiger partial charge in [0.25, 0.3) is 0 Å². The van der Waals surface area contributed by atoms with E-state index in [0.717, 1.165) is 25.7 Å². The third-order valence-corrected chi connectivity index (χ3v) is 7.43. The molecule has 10 heteroatoms. The number of nitrogens with zero attached hydrogens (tertiary/aromatic N) is 1. The van der Waals surface area contributed by atoms with Crippen LogP contribution in [0.4, 0.5) is 0 Å².